The van der Waals surface area contributed by atoms with Gasteiger partial charge in [-0.2, -0.15) is 5.10 Å². The molecule has 2 N–H and O–H groups in total. The van der Waals surface area contributed by atoms with E-state index in [-0.39, 0.29) is 5.54 Å². The second-order valence-electron chi connectivity index (χ2n) is 4.11. The van der Waals surface area contributed by atoms with Crippen LogP contribution in [0.5, 0.6) is 0 Å². The Labute approximate surface area is 87.4 Å². The summed E-state index contributed by atoms with van der Waals surface area (Å²) in [6.45, 7) is 8.12. The summed E-state index contributed by atoms with van der Waals surface area (Å²) in [5, 5.41) is 4.27. The number of rotatable bonds is 2. The molecule has 0 bridgehead atoms. The fraction of sp³-hybridized carbons (Fsp3) is 0.667. The lowest BCUT2D eigenvalue weighted by atomic mass is 10.00. The van der Waals surface area contributed by atoms with Gasteiger partial charge in [0.05, 0.1) is 6.20 Å². The molecular weight excluding hydrogens is 230 g/mol. The number of nitrogens with two attached hydrogens (primary N) is 1. The number of aromatic nitrogens is 2. The van der Waals surface area contributed by atoms with Crippen LogP contribution in [-0.4, -0.2) is 9.78 Å². The van der Waals surface area contributed by atoms with E-state index in [1.807, 2.05) is 24.7 Å². The van der Waals surface area contributed by atoms with Crippen LogP contribution in [0.4, 0.5) is 0 Å². The van der Waals surface area contributed by atoms with E-state index in [0.717, 1.165) is 10.2 Å². The van der Waals surface area contributed by atoms with Crippen LogP contribution in [0.2, 0.25) is 0 Å². The Morgan fingerprint density at radius 1 is 1.54 bits per heavy atom. The largest absolute Gasteiger partial charge is 0.322 e. The number of nitrogens with zero attached hydrogens (tertiary/aromatic N) is 2. The molecule has 0 spiro atoms. The molecule has 0 aliphatic rings. The van der Waals surface area contributed by atoms with Crippen LogP contribution in [0.15, 0.2) is 10.8 Å². The molecule has 0 aliphatic heterocycles. The van der Waals surface area contributed by atoms with Crippen molar-refractivity contribution in [1.29, 1.82) is 0 Å². The van der Waals surface area contributed by atoms with Crippen molar-refractivity contribution in [2.75, 3.05) is 0 Å². The molecule has 0 amide bonds. The van der Waals surface area contributed by atoms with Gasteiger partial charge in [-0.3, -0.25) is 4.68 Å². The summed E-state index contributed by atoms with van der Waals surface area (Å²) in [5.74, 6) is 0. The minimum absolute atomic E-state index is 0.341. The monoisotopic (exact) mass is 245 g/mol. The van der Waals surface area contributed by atoms with Gasteiger partial charge in [0.25, 0.3) is 0 Å². The quantitative estimate of drug-likeness (QED) is 0.870. The van der Waals surface area contributed by atoms with E-state index < -0.39 is 0 Å². The minimum atomic E-state index is -0.341. The Bertz CT molecular complexity index is 296. The average Bonchev–Trinajstić information content (AvgIpc) is 2.28. The summed E-state index contributed by atoms with van der Waals surface area (Å²) in [4.78, 5) is 0. The van der Waals surface area contributed by atoms with Crippen LogP contribution < -0.4 is 5.73 Å². The summed E-state index contributed by atoms with van der Waals surface area (Å²) in [6.07, 6.45) is 1.82. The van der Waals surface area contributed by atoms with Gasteiger partial charge in [0, 0.05) is 17.1 Å². The molecule has 74 valence electrons. The second kappa shape index (κ2) is 3.42. The first kappa shape index (κ1) is 10.7. The van der Waals surface area contributed by atoms with Crippen molar-refractivity contribution in [3.63, 3.8) is 0 Å². The molecule has 3 nitrogen and oxygen atoms in total. The van der Waals surface area contributed by atoms with Crippen molar-refractivity contribution in [3.05, 3.63) is 16.4 Å². The SMILES string of the molecule is CC(C)n1ncc(C(C)(C)N)c1Br. The van der Waals surface area contributed by atoms with E-state index in [4.69, 9.17) is 5.73 Å². The zero-order valence-electron chi connectivity index (χ0n) is 8.50. The lowest BCUT2D eigenvalue weighted by molar-refractivity contribution is 0.511. The smallest absolute Gasteiger partial charge is 0.109 e. The molecule has 1 aromatic heterocycles. The first-order valence-electron chi connectivity index (χ1n) is 4.36. The third-order valence-electron chi connectivity index (χ3n) is 1.92. The molecule has 4 heteroatoms. The summed E-state index contributed by atoms with van der Waals surface area (Å²) in [6, 6.07) is 0.352. The van der Waals surface area contributed by atoms with Crippen LogP contribution in [-0.2, 0) is 5.54 Å². The van der Waals surface area contributed by atoms with Crippen LogP contribution in [0.25, 0.3) is 0 Å². The van der Waals surface area contributed by atoms with Crippen LogP contribution in [0, 0.1) is 0 Å². The van der Waals surface area contributed by atoms with Gasteiger partial charge in [0.15, 0.2) is 0 Å². The zero-order valence-corrected chi connectivity index (χ0v) is 10.1. The molecule has 0 aliphatic carbocycles. The summed E-state index contributed by atoms with van der Waals surface area (Å²) < 4.78 is 2.90. The highest BCUT2D eigenvalue weighted by Gasteiger charge is 2.21. The van der Waals surface area contributed by atoms with Crippen molar-refractivity contribution in [3.8, 4) is 0 Å². The van der Waals surface area contributed by atoms with Crippen molar-refractivity contribution in [2.45, 2.75) is 39.3 Å². The lowest BCUT2D eigenvalue weighted by Gasteiger charge is -2.17. The average molecular weight is 246 g/mol. The minimum Gasteiger partial charge on any atom is -0.322 e. The topological polar surface area (TPSA) is 43.8 Å². The Morgan fingerprint density at radius 3 is 2.31 bits per heavy atom. The predicted molar refractivity (Wildman–Crippen MR) is 57.5 cm³/mol. The van der Waals surface area contributed by atoms with E-state index in [2.05, 4.69) is 34.9 Å². The first-order chi connectivity index (χ1) is 5.84. The fourth-order valence-electron chi connectivity index (χ4n) is 1.14. The predicted octanol–water partition coefficient (Wildman–Crippen LogP) is 2.42. The van der Waals surface area contributed by atoms with Crippen molar-refractivity contribution in [1.82, 2.24) is 9.78 Å². The highest BCUT2D eigenvalue weighted by Crippen LogP contribution is 2.27. The van der Waals surface area contributed by atoms with Gasteiger partial charge in [-0.1, -0.05) is 0 Å². The standard InChI is InChI=1S/C9H16BrN3/c1-6(2)13-8(10)7(5-12-13)9(3,4)11/h5-6H,11H2,1-4H3. The van der Waals surface area contributed by atoms with Gasteiger partial charge in [-0.25, -0.2) is 0 Å². The third kappa shape index (κ3) is 2.11. The third-order valence-corrected chi connectivity index (χ3v) is 2.71. The van der Waals surface area contributed by atoms with Gasteiger partial charge < -0.3 is 5.73 Å². The molecule has 0 saturated heterocycles. The van der Waals surface area contributed by atoms with Gasteiger partial charge in [0.2, 0.25) is 0 Å². The van der Waals surface area contributed by atoms with Crippen molar-refractivity contribution < 1.29 is 0 Å². The Balaban J connectivity index is 3.14. The van der Waals surface area contributed by atoms with E-state index in [0.29, 0.717) is 6.04 Å². The summed E-state index contributed by atoms with van der Waals surface area (Å²) >= 11 is 3.51. The van der Waals surface area contributed by atoms with Gasteiger partial charge in [-0.05, 0) is 43.6 Å². The van der Waals surface area contributed by atoms with Crippen LogP contribution in [0.1, 0.15) is 39.3 Å². The molecular formula is C9H16BrN3. The molecule has 0 fully saturated rings. The van der Waals surface area contributed by atoms with Crippen molar-refractivity contribution >= 4 is 15.9 Å². The maximum atomic E-state index is 5.99. The summed E-state index contributed by atoms with van der Waals surface area (Å²) in [7, 11) is 0. The first-order valence-corrected chi connectivity index (χ1v) is 5.15. The van der Waals surface area contributed by atoms with Gasteiger partial charge >= 0.3 is 0 Å². The van der Waals surface area contributed by atoms with E-state index in [1.165, 1.54) is 0 Å². The second-order valence-corrected chi connectivity index (χ2v) is 4.86. The normalized spacial score (nSPS) is 12.5. The molecule has 0 saturated carbocycles. The number of hydrogen-bond donors (Lipinski definition) is 1. The Morgan fingerprint density at radius 2 is 2.08 bits per heavy atom. The number of halogens is 1. The van der Waals surface area contributed by atoms with Gasteiger partial charge in [-0.15, -0.1) is 0 Å². The molecule has 1 heterocycles. The zero-order chi connectivity index (χ0) is 10.2. The Hall–Kier alpha value is -0.350. The fourth-order valence-corrected chi connectivity index (χ4v) is 2.25. The molecule has 0 radical (unpaired) electrons. The van der Waals surface area contributed by atoms with E-state index in [9.17, 15) is 0 Å². The van der Waals surface area contributed by atoms with Gasteiger partial charge in [0.1, 0.15) is 4.60 Å². The molecule has 13 heavy (non-hydrogen) atoms. The maximum absolute atomic E-state index is 5.99. The maximum Gasteiger partial charge on any atom is 0.109 e. The highest BCUT2D eigenvalue weighted by molar-refractivity contribution is 9.10. The van der Waals surface area contributed by atoms with Crippen molar-refractivity contribution in [2.24, 2.45) is 5.73 Å². The molecule has 0 unspecified atom stereocenters. The van der Waals surface area contributed by atoms with E-state index >= 15 is 0 Å². The number of hydrogen-bond acceptors (Lipinski definition) is 2. The highest BCUT2D eigenvalue weighted by atomic mass is 79.9. The summed E-state index contributed by atoms with van der Waals surface area (Å²) in [5.41, 5.74) is 6.69. The molecule has 0 atom stereocenters. The molecule has 1 aromatic rings. The molecule has 0 aromatic carbocycles. The Kier molecular flexibility index (Phi) is 2.82. The van der Waals surface area contributed by atoms with Crippen LogP contribution in [0.3, 0.4) is 0 Å². The molecule has 1 rings (SSSR count). The van der Waals surface area contributed by atoms with Crippen LogP contribution >= 0.6 is 15.9 Å². The lowest BCUT2D eigenvalue weighted by Crippen LogP contribution is -2.28. The van der Waals surface area contributed by atoms with E-state index in [1.54, 1.807) is 0 Å².